The number of hydrogen-bond donors (Lipinski definition) is 0. The van der Waals surface area contributed by atoms with E-state index < -0.39 is 0 Å². The number of unbranched alkanes of at least 4 members (excludes halogenated alkanes) is 2. The minimum Gasteiger partial charge on any atom is -0.371 e. The lowest BCUT2D eigenvalue weighted by Crippen LogP contribution is -2.25. The van der Waals surface area contributed by atoms with E-state index in [2.05, 4.69) is 18.7 Å². The Balaban J connectivity index is 2.89. The Bertz CT molecular complexity index is 401. The topological polar surface area (TPSA) is 27.0 Å². The second kappa shape index (κ2) is 7.71. The number of rotatable bonds is 7. The van der Waals surface area contributed by atoms with Crippen LogP contribution in [0.3, 0.4) is 0 Å². The van der Waals surface area contributed by atoms with Gasteiger partial charge in [-0.05, 0) is 31.0 Å². The third-order valence-corrected chi connectivity index (χ3v) is 2.94. The van der Waals surface area contributed by atoms with Crippen molar-refractivity contribution in [3.05, 3.63) is 29.6 Å². The molecule has 1 aromatic carbocycles. The Morgan fingerprint density at radius 3 is 2.22 bits per heavy atom. The van der Waals surface area contributed by atoms with Gasteiger partial charge in [0.25, 0.3) is 0 Å². The van der Waals surface area contributed by atoms with Crippen molar-refractivity contribution >= 4 is 5.69 Å². The van der Waals surface area contributed by atoms with Crippen molar-refractivity contribution in [2.45, 2.75) is 39.5 Å². The number of benzene rings is 1. The molecule has 0 saturated carbocycles. The number of nitriles is 1. The van der Waals surface area contributed by atoms with E-state index in [1.54, 1.807) is 6.07 Å². The van der Waals surface area contributed by atoms with Crippen LogP contribution in [0.15, 0.2) is 18.2 Å². The molecule has 0 aromatic heterocycles. The minimum atomic E-state index is -0.331. The van der Waals surface area contributed by atoms with Gasteiger partial charge >= 0.3 is 0 Å². The van der Waals surface area contributed by atoms with E-state index in [4.69, 9.17) is 5.26 Å². The molecule has 98 valence electrons. The van der Waals surface area contributed by atoms with Gasteiger partial charge in [0, 0.05) is 18.8 Å². The second-order valence-corrected chi connectivity index (χ2v) is 4.50. The molecule has 1 aromatic rings. The summed E-state index contributed by atoms with van der Waals surface area (Å²) in [6.07, 6.45) is 4.40. The van der Waals surface area contributed by atoms with Crippen LogP contribution in [0.5, 0.6) is 0 Å². The molecule has 18 heavy (non-hydrogen) atoms. The molecule has 0 unspecified atom stereocenters. The fourth-order valence-corrected chi connectivity index (χ4v) is 1.89. The average Bonchev–Trinajstić information content (AvgIpc) is 2.38. The standard InChI is InChI=1S/C15H21FN2/c1-3-5-7-18(8-6-4-2)15-10-13(12-17)9-14(16)11-15/h9-11H,3-8H2,1-2H3. The Morgan fingerprint density at radius 1 is 1.11 bits per heavy atom. The maximum absolute atomic E-state index is 13.4. The minimum absolute atomic E-state index is 0.331. The first kappa shape index (κ1) is 14.5. The number of nitrogens with zero attached hydrogens (tertiary/aromatic N) is 2. The van der Waals surface area contributed by atoms with Crippen molar-refractivity contribution in [1.82, 2.24) is 0 Å². The highest BCUT2D eigenvalue weighted by Crippen LogP contribution is 2.19. The molecule has 0 aliphatic carbocycles. The summed E-state index contributed by atoms with van der Waals surface area (Å²) < 4.78 is 13.4. The van der Waals surface area contributed by atoms with Gasteiger partial charge in [-0.25, -0.2) is 4.39 Å². The van der Waals surface area contributed by atoms with Crippen molar-refractivity contribution in [2.24, 2.45) is 0 Å². The SMILES string of the molecule is CCCCN(CCCC)c1cc(F)cc(C#N)c1. The highest BCUT2D eigenvalue weighted by atomic mass is 19.1. The van der Waals surface area contributed by atoms with Crippen LogP contribution in [0.1, 0.15) is 45.1 Å². The zero-order valence-corrected chi connectivity index (χ0v) is 11.2. The molecular formula is C15H21FN2. The van der Waals surface area contributed by atoms with Gasteiger partial charge in [0.1, 0.15) is 5.82 Å². The van der Waals surface area contributed by atoms with Gasteiger partial charge in [-0.15, -0.1) is 0 Å². The van der Waals surface area contributed by atoms with E-state index in [0.717, 1.165) is 44.5 Å². The molecule has 0 heterocycles. The predicted molar refractivity (Wildman–Crippen MR) is 73.1 cm³/mol. The highest BCUT2D eigenvalue weighted by Gasteiger charge is 2.08. The van der Waals surface area contributed by atoms with E-state index in [0.29, 0.717) is 5.56 Å². The summed E-state index contributed by atoms with van der Waals surface area (Å²) in [5.74, 6) is -0.331. The number of anilines is 1. The van der Waals surface area contributed by atoms with E-state index in [9.17, 15) is 4.39 Å². The largest absolute Gasteiger partial charge is 0.371 e. The summed E-state index contributed by atoms with van der Waals surface area (Å²) in [6.45, 7) is 6.13. The highest BCUT2D eigenvalue weighted by molar-refractivity contribution is 5.51. The fraction of sp³-hybridized carbons (Fsp3) is 0.533. The summed E-state index contributed by atoms with van der Waals surface area (Å²) in [7, 11) is 0. The summed E-state index contributed by atoms with van der Waals surface area (Å²) >= 11 is 0. The van der Waals surface area contributed by atoms with Crippen LogP contribution in [0, 0.1) is 17.1 Å². The molecule has 1 rings (SSSR count). The second-order valence-electron chi connectivity index (χ2n) is 4.50. The van der Waals surface area contributed by atoms with E-state index in [-0.39, 0.29) is 5.82 Å². The van der Waals surface area contributed by atoms with E-state index in [1.807, 2.05) is 6.07 Å². The van der Waals surface area contributed by atoms with E-state index >= 15 is 0 Å². The van der Waals surface area contributed by atoms with Gasteiger partial charge in [0.2, 0.25) is 0 Å². The zero-order chi connectivity index (χ0) is 13.4. The van der Waals surface area contributed by atoms with Crippen LogP contribution in [0.2, 0.25) is 0 Å². The smallest absolute Gasteiger partial charge is 0.126 e. The van der Waals surface area contributed by atoms with Crippen LogP contribution in [-0.4, -0.2) is 13.1 Å². The molecular weight excluding hydrogens is 227 g/mol. The molecule has 0 aliphatic heterocycles. The molecule has 0 spiro atoms. The van der Waals surface area contributed by atoms with Crippen LogP contribution in [0.4, 0.5) is 10.1 Å². The molecule has 0 saturated heterocycles. The summed E-state index contributed by atoms with van der Waals surface area (Å²) in [5, 5.41) is 8.89. The maximum Gasteiger partial charge on any atom is 0.126 e. The zero-order valence-electron chi connectivity index (χ0n) is 11.2. The first-order valence-electron chi connectivity index (χ1n) is 6.66. The van der Waals surface area contributed by atoms with Crippen molar-refractivity contribution in [3.63, 3.8) is 0 Å². The Kier molecular flexibility index (Phi) is 6.21. The molecule has 0 N–H and O–H groups in total. The third kappa shape index (κ3) is 4.37. The molecule has 0 bridgehead atoms. The third-order valence-electron chi connectivity index (χ3n) is 2.94. The quantitative estimate of drug-likeness (QED) is 0.726. The summed E-state index contributed by atoms with van der Waals surface area (Å²) in [5.41, 5.74) is 1.22. The molecule has 0 aliphatic rings. The molecule has 0 atom stereocenters. The molecule has 0 amide bonds. The van der Waals surface area contributed by atoms with Crippen molar-refractivity contribution in [1.29, 1.82) is 5.26 Å². The van der Waals surface area contributed by atoms with Gasteiger partial charge in [-0.3, -0.25) is 0 Å². The summed E-state index contributed by atoms with van der Waals surface area (Å²) in [4.78, 5) is 2.18. The lowest BCUT2D eigenvalue weighted by Gasteiger charge is -2.24. The maximum atomic E-state index is 13.4. The monoisotopic (exact) mass is 248 g/mol. The van der Waals surface area contributed by atoms with Gasteiger partial charge < -0.3 is 4.90 Å². The van der Waals surface area contributed by atoms with Crippen LogP contribution < -0.4 is 4.90 Å². The van der Waals surface area contributed by atoms with Crippen LogP contribution >= 0.6 is 0 Å². The number of halogens is 1. The lowest BCUT2D eigenvalue weighted by atomic mass is 10.1. The average molecular weight is 248 g/mol. The molecule has 2 nitrogen and oxygen atoms in total. The normalized spacial score (nSPS) is 10.1. The Labute approximate surface area is 109 Å². The fourth-order valence-electron chi connectivity index (χ4n) is 1.89. The van der Waals surface area contributed by atoms with Crippen molar-refractivity contribution in [2.75, 3.05) is 18.0 Å². The molecule has 0 radical (unpaired) electrons. The van der Waals surface area contributed by atoms with Crippen LogP contribution in [-0.2, 0) is 0 Å². The summed E-state index contributed by atoms with van der Waals surface area (Å²) in [6, 6.07) is 6.58. The molecule has 3 heteroatoms. The van der Waals surface area contributed by atoms with Crippen LogP contribution in [0.25, 0.3) is 0 Å². The van der Waals surface area contributed by atoms with Gasteiger partial charge in [0.05, 0.1) is 11.6 Å². The van der Waals surface area contributed by atoms with Gasteiger partial charge in [-0.1, -0.05) is 26.7 Å². The first-order chi connectivity index (χ1) is 8.71. The Morgan fingerprint density at radius 2 is 1.72 bits per heavy atom. The van der Waals surface area contributed by atoms with Gasteiger partial charge in [-0.2, -0.15) is 5.26 Å². The van der Waals surface area contributed by atoms with Gasteiger partial charge in [0.15, 0.2) is 0 Å². The van der Waals surface area contributed by atoms with Crippen molar-refractivity contribution < 1.29 is 4.39 Å². The molecule has 0 fully saturated rings. The first-order valence-corrected chi connectivity index (χ1v) is 6.66. The number of hydrogen-bond acceptors (Lipinski definition) is 2. The predicted octanol–water partition coefficient (Wildman–Crippen LogP) is 4.10. The Hall–Kier alpha value is -1.56. The van der Waals surface area contributed by atoms with E-state index in [1.165, 1.54) is 12.1 Å². The van der Waals surface area contributed by atoms with Crippen molar-refractivity contribution in [3.8, 4) is 6.07 Å². The lowest BCUT2D eigenvalue weighted by molar-refractivity contribution is 0.623.